The number of hydrogen-bond acceptors (Lipinski definition) is 3. The number of carboxylic acid groups (broad SMARTS) is 2. The van der Waals surface area contributed by atoms with E-state index in [1.165, 1.54) is 0 Å². The molecule has 27 heavy (non-hydrogen) atoms. The number of imidazole rings is 1. The van der Waals surface area contributed by atoms with Crippen LogP contribution in [0.2, 0.25) is 0 Å². The predicted molar refractivity (Wildman–Crippen MR) is 101 cm³/mol. The maximum Gasteiger partial charge on any atom is 0.335 e. The molecule has 0 saturated heterocycles. The first-order valence-corrected chi connectivity index (χ1v) is 7.99. The third-order valence-electron chi connectivity index (χ3n) is 3.59. The van der Waals surface area contributed by atoms with Crippen LogP contribution in [0.3, 0.4) is 0 Å². The molecule has 0 aliphatic rings. The van der Waals surface area contributed by atoms with Gasteiger partial charge in [0.15, 0.2) is 0 Å². The number of benzene rings is 2. The molecule has 0 spiro atoms. The number of aliphatic carboxylic acids is 1. The number of hydrogen-bond donors (Lipinski definition) is 2. The Morgan fingerprint density at radius 2 is 1.81 bits per heavy atom. The molecule has 6 nitrogen and oxygen atoms in total. The lowest BCUT2D eigenvalue weighted by molar-refractivity contribution is -0.134. The van der Waals surface area contributed by atoms with E-state index in [0.29, 0.717) is 6.54 Å². The van der Waals surface area contributed by atoms with Gasteiger partial charge in [0.2, 0.25) is 0 Å². The summed E-state index contributed by atoms with van der Waals surface area (Å²) in [7, 11) is 0. The minimum Gasteiger partial charge on any atom is -0.481 e. The van der Waals surface area contributed by atoms with Gasteiger partial charge in [0.05, 0.1) is 23.8 Å². The minimum atomic E-state index is -0.928. The lowest BCUT2D eigenvalue weighted by atomic mass is 10.1. The topological polar surface area (TPSA) is 92.4 Å². The highest BCUT2D eigenvalue weighted by molar-refractivity contribution is 5.87. The summed E-state index contributed by atoms with van der Waals surface area (Å²) in [4.78, 5) is 24.3. The molecule has 3 aromatic rings. The molecule has 3 rings (SSSR count). The van der Waals surface area contributed by atoms with E-state index in [1.54, 1.807) is 30.7 Å². The summed E-state index contributed by atoms with van der Waals surface area (Å²) >= 11 is 0. The molecule has 2 N–H and O–H groups in total. The van der Waals surface area contributed by atoms with Crippen LogP contribution in [0.5, 0.6) is 0 Å². The van der Waals surface area contributed by atoms with E-state index in [1.807, 2.05) is 34.9 Å². The van der Waals surface area contributed by atoms with Crippen LogP contribution in [0.25, 0.3) is 11.3 Å². The Morgan fingerprint density at radius 3 is 2.41 bits per heavy atom. The van der Waals surface area contributed by atoms with Gasteiger partial charge in [-0.25, -0.2) is 9.78 Å². The van der Waals surface area contributed by atoms with Crippen LogP contribution in [0.4, 0.5) is 0 Å². The van der Waals surface area contributed by atoms with Gasteiger partial charge in [0, 0.05) is 19.0 Å². The lowest BCUT2D eigenvalue weighted by Gasteiger charge is -2.09. The Bertz CT molecular complexity index is 978. The van der Waals surface area contributed by atoms with Crippen molar-refractivity contribution >= 4 is 11.9 Å². The standard InChI is InChI=1S/C19H14N2O2.C2H4O2/c1-2-14-6-8-16(9-7-14)18-11-20-13-21(18)12-15-4-3-5-17(10-15)19(22)23;1-2(3)4/h1,3-11,13H,12H2,(H,22,23);1H3,(H,3,4). The highest BCUT2D eigenvalue weighted by Gasteiger charge is 2.08. The summed E-state index contributed by atoms with van der Waals surface area (Å²) in [5.41, 5.74) is 3.98. The largest absolute Gasteiger partial charge is 0.481 e. The van der Waals surface area contributed by atoms with E-state index >= 15 is 0 Å². The van der Waals surface area contributed by atoms with Gasteiger partial charge in [-0.1, -0.05) is 30.2 Å². The zero-order valence-electron chi connectivity index (χ0n) is 14.7. The zero-order valence-corrected chi connectivity index (χ0v) is 14.7. The van der Waals surface area contributed by atoms with Crippen LogP contribution in [0, 0.1) is 12.3 Å². The predicted octanol–water partition coefficient (Wildman–Crippen LogP) is 3.37. The minimum absolute atomic E-state index is 0.280. The Labute approximate surface area is 156 Å². The second-order valence-corrected chi connectivity index (χ2v) is 5.65. The molecule has 0 atom stereocenters. The Morgan fingerprint density at radius 1 is 1.15 bits per heavy atom. The fourth-order valence-corrected chi connectivity index (χ4v) is 2.42. The van der Waals surface area contributed by atoms with E-state index in [9.17, 15) is 4.79 Å². The third-order valence-corrected chi connectivity index (χ3v) is 3.59. The number of terminal acetylenes is 1. The van der Waals surface area contributed by atoms with Crippen LogP contribution in [0.15, 0.2) is 61.1 Å². The molecule has 0 aliphatic carbocycles. The molecule has 0 bridgehead atoms. The van der Waals surface area contributed by atoms with Gasteiger partial charge in [-0.3, -0.25) is 4.79 Å². The fraction of sp³-hybridized carbons (Fsp3) is 0.0952. The highest BCUT2D eigenvalue weighted by Crippen LogP contribution is 2.21. The smallest absolute Gasteiger partial charge is 0.335 e. The van der Waals surface area contributed by atoms with Crippen molar-refractivity contribution < 1.29 is 19.8 Å². The molecule has 0 amide bonds. The Kier molecular flexibility index (Phi) is 6.50. The lowest BCUT2D eigenvalue weighted by Crippen LogP contribution is -2.03. The molecule has 0 unspecified atom stereocenters. The van der Waals surface area contributed by atoms with Gasteiger partial charge in [-0.2, -0.15) is 0 Å². The number of carbonyl (C=O) groups is 2. The number of aromatic nitrogens is 2. The fourth-order valence-electron chi connectivity index (χ4n) is 2.42. The summed E-state index contributed by atoms with van der Waals surface area (Å²) in [6, 6.07) is 14.6. The third kappa shape index (κ3) is 5.58. The van der Waals surface area contributed by atoms with Crippen molar-refractivity contribution in [3.63, 3.8) is 0 Å². The maximum absolute atomic E-state index is 11.1. The van der Waals surface area contributed by atoms with Crippen molar-refractivity contribution in [2.45, 2.75) is 13.5 Å². The van der Waals surface area contributed by atoms with Crippen LogP contribution >= 0.6 is 0 Å². The molecule has 136 valence electrons. The van der Waals surface area contributed by atoms with Crippen molar-refractivity contribution in [2.24, 2.45) is 0 Å². The Balaban J connectivity index is 0.000000596. The molecule has 0 aliphatic heterocycles. The maximum atomic E-state index is 11.1. The van der Waals surface area contributed by atoms with Crippen molar-refractivity contribution in [1.29, 1.82) is 0 Å². The van der Waals surface area contributed by atoms with Crippen molar-refractivity contribution in [1.82, 2.24) is 9.55 Å². The normalized spacial score (nSPS) is 9.63. The van der Waals surface area contributed by atoms with Gasteiger partial charge in [-0.15, -0.1) is 6.42 Å². The number of carboxylic acids is 2. The van der Waals surface area contributed by atoms with E-state index in [0.717, 1.165) is 29.3 Å². The number of aromatic carboxylic acids is 1. The second-order valence-electron chi connectivity index (χ2n) is 5.65. The average molecular weight is 362 g/mol. The summed E-state index contributed by atoms with van der Waals surface area (Å²) in [6.45, 7) is 1.63. The summed E-state index contributed by atoms with van der Waals surface area (Å²) in [6.07, 6.45) is 8.89. The average Bonchev–Trinajstić information content (AvgIpc) is 3.09. The molecule has 1 heterocycles. The summed E-state index contributed by atoms with van der Waals surface area (Å²) in [5, 5.41) is 16.5. The first-order chi connectivity index (χ1) is 12.9. The van der Waals surface area contributed by atoms with E-state index in [2.05, 4.69) is 10.9 Å². The van der Waals surface area contributed by atoms with E-state index in [4.69, 9.17) is 21.4 Å². The second kappa shape index (κ2) is 9.02. The summed E-state index contributed by atoms with van der Waals surface area (Å²) < 4.78 is 1.98. The van der Waals surface area contributed by atoms with Crippen LogP contribution < -0.4 is 0 Å². The quantitative estimate of drug-likeness (QED) is 0.694. The van der Waals surface area contributed by atoms with E-state index < -0.39 is 11.9 Å². The van der Waals surface area contributed by atoms with Crippen LogP contribution in [0.1, 0.15) is 28.4 Å². The number of rotatable bonds is 4. The monoisotopic (exact) mass is 362 g/mol. The molecule has 0 radical (unpaired) electrons. The molecule has 6 heteroatoms. The zero-order chi connectivity index (χ0) is 19.8. The van der Waals surface area contributed by atoms with Gasteiger partial charge < -0.3 is 14.8 Å². The van der Waals surface area contributed by atoms with Gasteiger partial charge in [-0.05, 0) is 35.4 Å². The molecule has 0 saturated carbocycles. The highest BCUT2D eigenvalue weighted by atomic mass is 16.4. The van der Waals surface area contributed by atoms with Gasteiger partial charge in [0.25, 0.3) is 5.97 Å². The molecular formula is C21H18N2O4. The first-order valence-electron chi connectivity index (χ1n) is 7.99. The van der Waals surface area contributed by atoms with Gasteiger partial charge in [0.1, 0.15) is 0 Å². The molecule has 2 aromatic carbocycles. The van der Waals surface area contributed by atoms with Crippen LogP contribution in [-0.2, 0) is 11.3 Å². The Hall–Kier alpha value is -3.85. The van der Waals surface area contributed by atoms with Crippen molar-refractivity contribution in [2.75, 3.05) is 0 Å². The van der Waals surface area contributed by atoms with E-state index in [-0.39, 0.29) is 5.56 Å². The van der Waals surface area contributed by atoms with Gasteiger partial charge >= 0.3 is 5.97 Å². The number of nitrogens with zero attached hydrogens (tertiary/aromatic N) is 2. The summed E-state index contributed by atoms with van der Waals surface area (Å²) in [5.74, 6) is 0.831. The molecule has 0 fully saturated rings. The first kappa shape index (κ1) is 19.5. The van der Waals surface area contributed by atoms with Crippen LogP contribution in [-0.4, -0.2) is 31.7 Å². The SMILES string of the molecule is C#Cc1ccc(-c2cncn2Cc2cccc(C(=O)O)c2)cc1.CC(=O)O. The molecular weight excluding hydrogens is 344 g/mol. The molecule has 1 aromatic heterocycles. The van der Waals surface area contributed by atoms with Crippen molar-refractivity contribution in [3.05, 3.63) is 77.7 Å². The van der Waals surface area contributed by atoms with Crippen molar-refractivity contribution in [3.8, 4) is 23.6 Å².